The maximum atomic E-state index is 11.2. The lowest BCUT2D eigenvalue weighted by Gasteiger charge is -2.73. The molecule has 0 aromatic rings. The molecule has 33 heavy (non-hydrogen) atoms. The van der Waals surface area contributed by atoms with Gasteiger partial charge in [0.2, 0.25) is 0 Å². The number of alkyl halides is 1. The van der Waals surface area contributed by atoms with Crippen LogP contribution in [0, 0.1) is 56.2 Å². The van der Waals surface area contributed by atoms with Gasteiger partial charge in [-0.1, -0.05) is 64.4 Å². The minimum atomic E-state index is -0.229. The van der Waals surface area contributed by atoms with E-state index in [0.29, 0.717) is 33.7 Å². The molecule has 3 heteroatoms. The van der Waals surface area contributed by atoms with Crippen LogP contribution in [0.1, 0.15) is 106 Å². The van der Waals surface area contributed by atoms with Crippen molar-refractivity contribution >= 4 is 15.9 Å². The molecule has 188 valence electrons. The summed E-state index contributed by atoms with van der Waals surface area (Å²) in [5.74, 6) is 3.00. The van der Waals surface area contributed by atoms with E-state index in [1.54, 1.807) is 0 Å². The number of hydrogen-bond donors (Lipinski definition) is 1. The molecule has 1 saturated heterocycles. The number of aliphatic hydroxyl groups is 1. The van der Waals surface area contributed by atoms with E-state index in [1.807, 2.05) is 0 Å². The Labute approximate surface area is 211 Å². The standard InChI is InChI=1S/C30H49BrO2/c1-25(2)12-14-30-15-13-28(6)18(22(30)24(25)33-17-30)8-9-21-27(5)16-19(32)23(31)26(3,4)20(27)10-11-29(21,28)7/h18-24,32H,8-17H2,1-7H3/t18-,19+,20+,21-,22-,23+,24-,27-,28-,29-,30+/m1/s1. The molecular weight excluding hydrogens is 472 g/mol. The van der Waals surface area contributed by atoms with E-state index in [-0.39, 0.29) is 21.8 Å². The van der Waals surface area contributed by atoms with Crippen molar-refractivity contribution in [1.29, 1.82) is 0 Å². The van der Waals surface area contributed by atoms with E-state index in [0.717, 1.165) is 30.8 Å². The molecule has 0 radical (unpaired) electrons. The molecule has 1 heterocycles. The third kappa shape index (κ3) is 2.70. The van der Waals surface area contributed by atoms with Crippen molar-refractivity contribution in [3.8, 4) is 0 Å². The van der Waals surface area contributed by atoms with Gasteiger partial charge in [-0.25, -0.2) is 0 Å². The number of fused-ring (bicyclic) bond motifs is 5. The fourth-order valence-electron chi connectivity index (χ4n) is 12.1. The number of hydrogen-bond acceptors (Lipinski definition) is 2. The van der Waals surface area contributed by atoms with Crippen molar-refractivity contribution < 1.29 is 9.84 Å². The first kappa shape index (κ1) is 23.8. The van der Waals surface area contributed by atoms with E-state index in [9.17, 15) is 5.11 Å². The van der Waals surface area contributed by atoms with Gasteiger partial charge in [-0.2, -0.15) is 0 Å². The average Bonchev–Trinajstić information content (AvgIpc) is 3.06. The Morgan fingerprint density at radius 2 is 1.48 bits per heavy atom. The smallest absolute Gasteiger partial charge is 0.0675 e. The molecule has 5 aliphatic carbocycles. The van der Waals surface area contributed by atoms with Gasteiger partial charge in [-0.05, 0) is 114 Å². The van der Waals surface area contributed by atoms with Gasteiger partial charge in [-0.15, -0.1) is 0 Å². The van der Waals surface area contributed by atoms with Crippen LogP contribution in [0.5, 0.6) is 0 Å². The monoisotopic (exact) mass is 520 g/mol. The highest BCUT2D eigenvalue weighted by atomic mass is 79.9. The van der Waals surface area contributed by atoms with Crippen LogP contribution in [0.3, 0.4) is 0 Å². The third-order valence-corrected chi connectivity index (χ3v) is 15.8. The van der Waals surface area contributed by atoms with Crippen LogP contribution in [-0.2, 0) is 4.74 Å². The summed E-state index contributed by atoms with van der Waals surface area (Å²) in [6.45, 7) is 18.9. The fraction of sp³-hybridized carbons (Fsp3) is 1.00. The molecule has 5 saturated carbocycles. The number of halogens is 1. The molecule has 2 nitrogen and oxygen atoms in total. The molecule has 6 fully saturated rings. The SMILES string of the molecule is CC1(C)CC[C@@]23CC[C@]4(C)[C@H](CC[C@@H]5[C@]6(C)C[C@H](O)[C@H](Br)C(C)(C)[C@@H]6CC[C@]54C)[C@@H]2[C@H]1OC3. The highest BCUT2D eigenvalue weighted by molar-refractivity contribution is 9.09. The zero-order valence-corrected chi connectivity index (χ0v) is 23.9. The van der Waals surface area contributed by atoms with Gasteiger partial charge >= 0.3 is 0 Å². The summed E-state index contributed by atoms with van der Waals surface area (Å²) in [4.78, 5) is 0.214. The second-order valence-corrected chi connectivity index (χ2v) is 16.8. The quantitative estimate of drug-likeness (QED) is 0.333. The van der Waals surface area contributed by atoms with Crippen LogP contribution >= 0.6 is 15.9 Å². The Kier molecular flexibility index (Phi) is 4.92. The predicted octanol–water partition coefficient (Wildman–Crippen LogP) is 7.61. The summed E-state index contributed by atoms with van der Waals surface area (Å²) in [6, 6.07) is 0. The van der Waals surface area contributed by atoms with E-state index in [2.05, 4.69) is 64.4 Å². The van der Waals surface area contributed by atoms with Gasteiger partial charge < -0.3 is 9.84 Å². The van der Waals surface area contributed by atoms with Crippen LogP contribution in [0.15, 0.2) is 0 Å². The van der Waals surface area contributed by atoms with Gasteiger partial charge in [0.05, 0.1) is 18.8 Å². The summed E-state index contributed by atoms with van der Waals surface area (Å²) in [5, 5.41) is 11.2. The first-order valence-electron chi connectivity index (χ1n) is 14.2. The van der Waals surface area contributed by atoms with Crippen LogP contribution in [0.2, 0.25) is 0 Å². The van der Waals surface area contributed by atoms with Crippen LogP contribution < -0.4 is 0 Å². The second-order valence-electron chi connectivity index (χ2n) is 15.8. The van der Waals surface area contributed by atoms with Crippen LogP contribution in [-0.4, -0.2) is 28.7 Å². The van der Waals surface area contributed by atoms with Gasteiger partial charge in [0.15, 0.2) is 0 Å². The van der Waals surface area contributed by atoms with Gasteiger partial charge in [0.1, 0.15) is 0 Å². The maximum Gasteiger partial charge on any atom is 0.0675 e. The maximum absolute atomic E-state index is 11.2. The highest BCUT2D eigenvalue weighted by Crippen LogP contribution is 2.78. The summed E-state index contributed by atoms with van der Waals surface area (Å²) < 4.78 is 6.71. The average molecular weight is 522 g/mol. The summed E-state index contributed by atoms with van der Waals surface area (Å²) in [5.41, 5.74) is 1.96. The molecule has 1 N–H and O–H groups in total. The minimum Gasteiger partial charge on any atom is -0.392 e. The fourth-order valence-corrected chi connectivity index (χ4v) is 12.6. The van der Waals surface area contributed by atoms with Crippen molar-refractivity contribution in [3.63, 3.8) is 0 Å². The first-order chi connectivity index (χ1) is 15.2. The Bertz CT molecular complexity index is 837. The topological polar surface area (TPSA) is 29.5 Å². The van der Waals surface area contributed by atoms with Crippen molar-refractivity contribution in [1.82, 2.24) is 0 Å². The molecule has 0 unspecified atom stereocenters. The molecule has 6 aliphatic rings. The van der Waals surface area contributed by atoms with Crippen molar-refractivity contribution in [3.05, 3.63) is 0 Å². The van der Waals surface area contributed by atoms with Crippen LogP contribution in [0.25, 0.3) is 0 Å². The van der Waals surface area contributed by atoms with E-state index >= 15 is 0 Å². The molecule has 0 amide bonds. The summed E-state index contributed by atoms with van der Waals surface area (Å²) in [7, 11) is 0. The van der Waals surface area contributed by atoms with E-state index in [4.69, 9.17) is 4.74 Å². The van der Waals surface area contributed by atoms with Crippen molar-refractivity contribution in [2.45, 2.75) is 123 Å². The van der Waals surface area contributed by atoms with E-state index in [1.165, 1.54) is 51.4 Å². The molecule has 2 bridgehead atoms. The molecule has 6 rings (SSSR count). The molecule has 11 atom stereocenters. The molecule has 0 spiro atoms. The highest BCUT2D eigenvalue weighted by Gasteiger charge is 2.73. The Morgan fingerprint density at radius 1 is 0.788 bits per heavy atom. The van der Waals surface area contributed by atoms with Gasteiger partial charge in [-0.3, -0.25) is 0 Å². The zero-order valence-electron chi connectivity index (χ0n) is 22.3. The third-order valence-electron chi connectivity index (χ3n) is 14.0. The zero-order chi connectivity index (χ0) is 23.8. The lowest BCUT2D eigenvalue weighted by atomic mass is 9.31. The lowest BCUT2D eigenvalue weighted by molar-refractivity contribution is -0.248. The minimum absolute atomic E-state index is 0.141. The molecular formula is C30H49BrO2. The Hall–Kier alpha value is 0.400. The molecule has 0 aromatic heterocycles. The normalized spacial score (nSPS) is 60.8. The predicted molar refractivity (Wildman–Crippen MR) is 138 cm³/mol. The Morgan fingerprint density at radius 3 is 2.21 bits per heavy atom. The number of rotatable bonds is 0. The molecule has 1 aliphatic heterocycles. The lowest BCUT2D eigenvalue weighted by Crippen LogP contribution is -2.68. The van der Waals surface area contributed by atoms with Crippen molar-refractivity contribution in [2.75, 3.05) is 6.61 Å². The number of ether oxygens (including phenoxy) is 1. The summed E-state index contributed by atoms with van der Waals surface area (Å²) in [6.07, 6.45) is 12.2. The summed E-state index contributed by atoms with van der Waals surface area (Å²) >= 11 is 3.93. The largest absolute Gasteiger partial charge is 0.392 e. The van der Waals surface area contributed by atoms with E-state index < -0.39 is 0 Å². The van der Waals surface area contributed by atoms with Crippen molar-refractivity contribution in [2.24, 2.45) is 56.2 Å². The Balaban J connectivity index is 1.40. The van der Waals surface area contributed by atoms with Crippen LogP contribution in [0.4, 0.5) is 0 Å². The van der Waals surface area contributed by atoms with Gasteiger partial charge in [0, 0.05) is 4.83 Å². The second kappa shape index (κ2) is 6.83. The van der Waals surface area contributed by atoms with Gasteiger partial charge in [0.25, 0.3) is 0 Å². The first-order valence-corrected chi connectivity index (χ1v) is 15.1. The molecule has 0 aromatic carbocycles. The number of aliphatic hydroxyl groups excluding tert-OH is 1.